The fourth-order valence-corrected chi connectivity index (χ4v) is 0.424. The standard InChI is InChI=1S/C8H17NO/c1-5-6-9-7-10-8(2,3)4/h5-6,9H,7H2,1-4H3. The summed E-state index contributed by atoms with van der Waals surface area (Å²) in [5, 5.41) is 2.99. The largest absolute Gasteiger partial charge is 0.369 e. The summed E-state index contributed by atoms with van der Waals surface area (Å²) in [6, 6.07) is 0. The van der Waals surface area contributed by atoms with E-state index in [1.807, 2.05) is 40.0 Å². The van der Waals surface area contributed by atoms with Crippen LogP contribution in [0.5, 0.6) is 0 Å². The van der Waals surface area contributed by atoms with Crippen molar-refractivity contribution in [2.24, 2.45) is 0 Å². The third-order valence-electron chi connectivity index (χ3n) is 0.873. The molecule has 0 aliphatic carbocycles. The molecule has 60 valence electrons. The van der Waals surface area contributed by atoms with Gasteiger partial charge in [0.15, 0.2) is 0 Å². The molecular weight excluding hydrogens is 126 g/mol. The number of allylic oxidation sites excluding steroid dienone is 1. The van der Waals surface area contributed by atoms with Gasteiger partial charge in [-0.15, -0.1) is 0 Å². The van der Waals surface area contributed by atoms with Gasteiger partial charge in [-0.25, -0.2) is 0 Å². The molecule has 0 aromatic rings. The Morgan fingerprint density at radius 1 is 1.40 bits per heavy atom. The predicted octanol–water partition coefficient (Wildman–Crippen LogP) is 1.88. The van der Waals surface area contributed by atoms with Crippen LogP contribution in [0.15, 0.2) is 12.3 Å². The Hall–Kier alpha value is -0.500. The first kappa shape index (κ1) is 9.50. The average molecular weight is 143 g/mol. The molecular formula is C8H17NO. The Morgan fingerprint density at radius 2 is 2.00 bits per heavy atom. The summed E-state index contributed by atoms with van der Waals surface area (Å²) in [7, 11) is 0. The number of hydrogen-bond acceptors (Lipinski definition) is 2. The van der Waals surface area contributed by atoms with Crippen LogP contribution in [-0.4, -0.2) is 12.3 Å². The molecule has 0 aromatic carbocycles. The molecule has 0 heterocycles. The zero-order valence-corrected chi connectivity index (χ0v) is 7.27. The molecule has 0 rings (SSSR count). The van der Waals surface area contributed by atoms with E-state index in [0.29, 0.717) is 6.73 Å². The summed E-state index contributed by atoms with van der Waals surface area (Å²) in [5.74, 6) is 0. The zero-order valence-electron chi connectivity index (χ0n) is 7.27. The van der Waals surface area contributed by atoms with E-state index in [1.54, 1.807) is 0 Å². The molecule has 0 bridgehead atoms. The lowest BCUT2D eigenvalue weighted by molar-refractivity contribution is -0.00837. The van der Waals surface area contributed by atoms with E-state index < -0.39 is 0 Å². The monoisotopic (exact) mass is 143 g/mol. The van der Waals surface area contributed by atoms with Gasteiger partial charge in [-0.3, -0.25) is 0 Å². The predicted molar refractivity (Wildman–Crippen MR) is 43.7 cm³/mol. The molecule has 0 atom stereocenters. The van der Waals surface area contributed by atoms with Gasteiger partial charge in [-0.05, 0) is 33.9 Å². The maximum absolute atomic E-state index is 5.37. The van der Waals surface area contributed by atoms with Gasteiger partial charge in [0.1, 0.15) is 6.73 Å². The lowest BCUT2D eigenvalue weighted by Crippen LogP contribution is -2.24. The smallest absolute Gasteiger partial charge is 0.116 e. The molecule has 0 aliphatic rings. The Balaban J connectivity index is 3.20. The van der Waals surface area contributed by atoms with Crippen molar-refractivity contribution in [1.82, 2.24) is 5.32 Å². The summed E-state index contributed by atoms with van der Waals surface area (Å²) < 4.78 is 5.37. The first-order valence-corrected chi connectivity index (χ1v) is 3.55. The minimum absolute atomic E-state index is 0.0470. The summed E-state index contributed by atoms with van der Waals surface area (Å²) in [6.45, 7) is 8.64. The Morgan fingerprint density at radius 3 is 2.40 bits per heavy atom. The normalized spacial score (nSPS) is 12.4. The maximum Gasteiger partial charge on any atom is 0.116 e. The highest BCUT2D eigenvalue weighted by Crippen LogP contribution is 2.04. The van der Waals surface area contributed by atoms with Crippen LogP contribution in [0.2, 0.25) is 0 Å². The van der Waals surface area contributed by atoms with Crippen LogP contribution in [0, 0.1) is 0 Å². The van der Waals surface area contributed by atoms with Crippen molar-refractivity contribution >= 4 is 0 Å². The second-order valence-electron chi connectivity index (χ2n) is 3.11. The third kappa shape index (κ3) is 7.50. The second-order valence-corrected chi connectivity index (χ2v) is 3.11. The fourth-order valence-electron chi connectivity index (χ4n) is 0.424. The van der Waals surface area contributed by atoms with Crippen molar-refractivity contribution in [3.63, 3.8) is 0 Å². The highest BCUT2D eigenvalue weighted by atomic mass is 16.5. The molecule has 0 spiro atoms. The van der Waals surface area contributed by atoms with Gasteiger partial charge < -0.3 is 10.1 Å². The Kier molecular flexibility index (Phi) is 4.12. The van der Waals surface area contributed by atoms with Crippen molar-refractivity contribution in [2.45, 2.75) is 33.3 Å². The van der Waals surface area contributed by atoms with E-state index in [1.165, 1.54) is 0 Å². The average Bonchev–Trinajstić information content (AvgIpc) is 1.78. The first-order chi connectivity index (χ1) is 4.56. The van der Waals surface area contributed by atoms with Crippen molar-refractivity contribution in [3.8, 4) is 0 Å². The van der Waals surface area contributed by atoms with Crippen molar-refractivity contribution in [2.75, 3.05) is 6.73 Å². The number of nitrogens with one attached hydrogen (secondary N) is 1. The lowest BCUT2D eigenvalue weighted by Gasteiger charge is -2.18. The van der Waals surface area contributed by atoms with Gasteiger partial charge >= 0.3 is 0 Å². The zero-order chi connectivity index (χ0) is 8.04. The van der Waals surface area contributed by atoms with Gasteiger partial charge in [0, 0.05) is 0 Å². The van der Waals surface area contributed by atoms with Gasteiger partial charge in [-0.1, -0.05) is 6.08 Å². The molecule has 0 amide bonds. The van der Waals surface area contributed by atoms with Crippen molar-refractivity contribution in [3.05, 3.63) is 12.3 Å². The van der Waals surface area contributed by atoms with E-state index in [4.69, 9.17) is 4.74 Å². The molecule has 2 nitrogen and oxygen atoms in total. The van der Waals surface area contributed by atoms with E-state index in [-0.39, 0.29) is 5.60 Å². The second kappa shape index (κ2) is 4.34. The molecule has 0 saturated heterocycles. The lowest BCUT2D eigenvalue weighted by atomic mass is 10.2. The highest BCUT2D eigenvalue weighted by Gasteiger charge is 2.07. The van der Waals surface area contributed by atoms with Gasteiger partial charge in [0.2, 0.25) is 0 Å². The van der Waals surface area contributed by atoms with E-state index in [9.17, 15) is 0 Å². The van der Waals surface area contributed by atoms with E-state index >= 15 is 0 Å². The molecule has 0 radical (unpaired) electrons. The van der Waals surface area contributed by atoms with Crippen molar-refractivity contribution in [1.29, 1.82) is 0 Å². The van der Waals surface area contributed by atoms with Crippen LogP contribution in [0.25, 0.3) is 0 Å². The van der Waals surface area contributed by atoms with Gasteiger partial charge in [-0.2, -0.15) is 0 Å². The molecule has 10 heavy (non-hydrogen) atoms. The quantitative estimate of drug-likeness (QED) is 0.481. The van der Waals surface area contributed by atoms with Crippen LogP contribution in [-0.2, 0) is 4.74 Å². The Labute approximate surface area is 63.3 Å². The number of rotatable bonds is 3. The van der Waals surface area contributed by atoms with Crippen LogP contribution in [0.1, 0.15) is 27.7 Å². The highest BCUT2D eigenvalue weighted by molar-refractivity contribution is 4.72. The summed E-state index contributed by atoms with van der Waals surface area (Å²) >= 11 is 0. The molecule has 0 unspecified atom stereocenters. The molecule has 1 N–H and O–H groups in total. The van der Waals surface area contributed by atoms with Crippen LogP contribution >= 0.6 is 0 Å². The van der Waals surface area contributed by atoms with Crippen LogP contribution in [0.3, 0.4) is 0 Å². The minimum Gasteiger partial charge on any atom is -0.369 e. The molecule has 2 heteroatoms. The topological polar surface area (TPSA) is 21.3 Å². The first-order valence-electron chi connectivity index (χ1n) is 3.55. The van der Waals surface area contributed by atoms with Crippen LogP contribution < -0.4 is 5.32 Å². The number of ether oxygens (including phenoxy) is 1. The molecule has 0 fully saturated rings. The number of hydrogen-bond donors (Lipinski definition) is 1. The molecule has 0 aromatic heterocycles. The maximum atomic E-state index is 5.37. The van der Waals surface area contributed by atoms with Crippen LogP contribution in [0.4, 0.5) is 0 Å². The minimum atomic E-state index is -0.0470. The summed E-state index contributed by atoms with van der Waals surface area (Å²) in [6.07, 6.45) is 3.80. The summed E-state index contributed by atoms with van der Waals surface area (Å²) in [4.78, 5) is 0. The third-order valence-corrected chi connectivity index (χ3v) is 0.873. The Bertz CT molecular complexity index is 102. The van der Waals surface area contributed by atoms with E-state index in [2.05, 4.69) is 5.32 Å². The van der Waals surface area contributed by atoms with Gasteiger partial charge in [0.25, 0.3) is 0 Å². The van der Waals surface area contributed by atoms with E-state index in [0.717, 1.165) is 0 Å². The SMILES string of the molecule is CC=CNCOC(C)(C)C. The summed E-state index contributed by atoms with van der Waals surface area (Å²) in [5.41, 5.74) is -0.0470. The van der Waals surface area contributed by atoms with Crippen molar-refractivity contribution < 1.29 is 4.74 Å². The molecule has 0 saturated carbocycles. The molecule has 0 aliphatic heterocycles. The fraction of sp³-hybridized carbons (Fsp3) is 0.750. The van der Waals surface area contributed by atoms with Gasteiger partial charge in [0.05, 0.1) is 5.60 Å².